The van der Waals surface area contributed by atoms with Crippen molar-refractivity contribution in [3.63, 3.8) is 0 Å². The van der Waals surface area contributed by atoms with Gasteiger partial charge in [0.25, 0.3) is 0 Å². The van der Waals surface area contributed by atoms with Crippen molar-refractivity contribution in [2.24, 2.45) is 0 Å². The molecule has 0 fully saturated rings. The van der Waals surface area contributed by atoms with Crippen LogP contribution in [0.2, 0.25) is 0 Å². The average molecular weight is 207 g/mol. The quantitative estimate of drug-likeness (QED) is 0.779. The Morgan fingerprint density at radius 1 is 1.07 bits per heavy atom. The molecule has 0 bridgehead atoms. The molecule has 0 amide bonds. The number of aromatic nitrogens is 2. The Morgan fingerprint density at radius 2 is 1.60 bits per heavy atom. The summed E-state index contributed by atoms with van der Waals surface area (Å²) < 4.78 is 0. The molecule has 0 atom stereocenters. The first-order valence-electron chi connectivity index (χ1n) is 5.77. The molecule has 1 rings (SSSR count). The Morgan fingerprint density at radius 3 is 2.07 bits per heavy atom. The SMILES string of the molecule is CCC(CC)(CC)NCc1ncccn1. The van der Waals surface area contributed by atoms with Gasteiger partial charge in [-0.3, -0.25) is 0 Å². The molecular weight excluding hydrogens is 186 g/mol. The number of rotatable bonds is 6. The molecule has 3 heteroatoms. The summed E-state index contributed by atoms with van der Waals surface area (Å²) in [5.41, 5.74) is 0.249. The number of nitrogens with one attached hydrogen (secondary N) is 1. The van der Waals surface area contributed by atoms with Crippen LogP contribution in [0, 0.1) is 0 Å². The van der Waals surface area contributed by atoms with E-state index in [1.54, 1.807) is 12.4 Å². The molecular formula is C12H21N3. The highest BCUT2D eigenvalue weighted by Gasteiger charge is 2.22. The predicted molar refractivity (Wildman–Crippen MR) is 62.5 cm³/mol. The second kappa shape index (κ2) is 5.81. The minimum absolute atomic E-state index is 0.249. The van der Waals surface area contributed by atoms with Crippen molar-refractivity contribution in [2.75, 3.05) is 0 Å². The van der Waals surface area contributed by atoms with Gasteiger partial charge in [0.15, 0.2) is 0 Å². The van der Waals surface area contributed by atoms with Gasteiger partial charge in [0, 0.05) is 17.9 Å². The van der Waals surface area contributed by atoms with E-state index in [4.69, 9.17) is 0 Å². The molecule has 84 valence electrons. The fourth-order valence-corrected chi connectivity index (χ4v) is 1.81. The molecule has 0 aromatic carbocycles. The maximum Gasteiger partial charge on any atom is 0.141 e. The largest absolute Gasteiger partial charge is 0.304 e. The van der Waals surface area contributed by atoms with Crippen molar-refractivity contribution in [1.82, 2.24) is 15.3 Å². The van der Waals surface area contributed by atoms with Gasteiger partial charge >= 0.3 is 0 Å². The van der Waals surface area contributed by atoms with Gasteiger partial charge in [-0.15, -0.1) is 0 Å². The highest BCUT2D eigenvalue weighted by Crippen LogP contribution is 2.19. The second-order valence-electron chi connectivity index (χ2n) is 3.86. The van der Waals surface area contributed by atoms with Gasteiger partial charge < -0.3 is 5.32 Å². The summed E-state index contributed by atoms with van der Waals surface area (Å²) in [5.74, 6) is 0.872. The summed E-state index contributed by atoms with van der Waals surface area (Å²) in [6.45, 7) is 7.44. The topological polar surface area (TPSA) is 37.8 Å². The number of hydrogen-bond donors (Lipinski definition) is 1. The Hall–Kier alpha value is -0.960. The van der Waals surface area contributed by atoms with E-state index in [9.17, 15) is 0 Å². The van der Waals surface area contributed by atoms with E-state index in [1.807, 2.05) is 6.07 Å². The van der Waals surface area contributed by atoms with Crippen LogP contribution < -0.4 is 5.32 Å². The molecule has 0 spiro atoms. The minimum Gasteiger partial charge on any atom is -0.304 e. The van der Waals surface area contributed by atoms with Crippen molar-refractivity contribution in [1.29, 1.82) is 0 Å². The smallest absolute Gasteiger partial charge is 0.141 e. The van der Waals surface area contributed by atoms with Crippen LogP contribution in [0.15, 0.2) is 18.5 Å². The summed E-state index contributed by atoms with van der Waals surface area (Å²) in [6, 6.07) is 1.84. The molecule has 15 heavy (non-hydrogen) atoms. The van der Waals surface area contributed by atoms with Gasteiger partial charge in [-0.2, -0.15) is 0 Å². The Balaban J connectivity index is 2.54. The van der Waals surface area contributed by atoms with E-state index in [0.29, 0.717) is 0 Å². The Kier molecular flexibility index (Phi) is 4.69. The second-order valence-corrected chi connectivity index (χ2v) is 3.86. The lowest BCUT2D eigenvalue weighted by Gasteiger charge is -2.31. The van der Waals surface area contributed by atoms with Crippen molar-refractivity contribution < 1.29 is 0 Å². The van der Waals surface area contributed by atoms with Gasteiger partial charge in [-0.25, -0.2) is 9.97 Å². The fraction of sp³-hybridized carbons (Fsp3) is 0.667. The molecule has 0 aliphatic rings. The molecule has 3 nitrogen and oxygen atoms in total. The molecule has 0 aliphatic heterocycles. The van der Waals surface area contributed by atoms with Gasteiger partial charge in [-0.1, -0.05) is 20.8 Å². The van der Waals surface area contributed by atoms with Crippen molar-refractivity contribution >= 4 is 0 Å². The number of nitrogens with zero attached hydrogens (tertiary/aromatic N) is 2. The molecule has 1 heterocycles. The highest BCUT2D eigenvalue weighted by atomic mass is 15.0. The maximum absolute atomic E-state index is 4.21. The van der Waals surface area contributed by atoms with E-state index in [1.165, 1.54) is 0 Å². The summed E-state index contributed by atoms with van der Waals surface area (Å²) in [7, 11) is 0. The van der Waals surface area contributed by atoms with Gasteiger partial charge in [0.2, 0.25) is 0 Å². The first kappa shape index (κ1) is 12.1. The minimum atomic E-state index is 0.249. The fourth-order valence-electron chi connectivity index (χ4n) is 1.81. The summed E-state index contributed by atoms with van der Waals surface area (Å²) in [5, 5.41) is 3.57. The third-order valence-corrected chi connectivity index (χ3v) is 3.27. The monoisotopic (exact) mass is 207 g/mol. The maximum atomic E-state index is 4.21. The lowest BCUT2D eigenvalue weighted by molar-refractivity contribution is 0.285. The van der Waals surface area contributed by atoms with E-state index in [0.717, 1.165) is 31.6 Å². The van der Waals surface area contributed by atoms with Crippen molar-refractivity contribution in [3.05, 3.63) is 24.3 Å². The molecule has 0 aliphatic carbocycles. The predicted octanol–water partition coefficient (Wildman–Crippen LogP) is 2.54. The summed E-state index contributed by atoms with van der Waals surface area (Å²) >= 11 is 0. The molecule has 0 unspecified atom stereocenters. The lowest BCUT2D eigenvalue weighted by Crippen LogP contribution is -2.43. The molecule has 0 saturated heterocycles. The van der Waals surface area contributed by atoms with Crippen LogP contribution >= 0.6 is 0 Å². The van der Waals surface area contributed by atoms with Crippen LogP contribution in [0.4, 0.5) is 0 Å². The zero-order valence-electron chi connectivity index (χ0n) is 9.95. The molecule has 1 aromatic rings. The molecule has 0 saturated carbocycles. The van der Waals surface area contributed by atoms with Crippen LogP contribution in [0.25, 0.3) is 0 Å². The molecule has 1 N–H and O–H groups in total. The first-order chi connectivity index (χ1) is 7.26. The van der Waals surface area contributed by atoms with Crippen molar-refractivity contribution in [2.45, 2.75) is 52.1 Å². The standard InChI is InChI=1S/C12H21N3/c1-4-12(5-2,6-3)15-10-11-13-8-7-9-14-11/h7-9,15H,4-6,10H2,1-3H3. The van der Waals surface area contributed by atoms with E-state index >= 15 is 0 Å². The number of hydrogen-bond acceptors (Lipinski definition) is 3. The van der Waals surface area contributed by atoms with Crippen LogP contribution in [0.1, 0.15) is 45.9 Å². The third kappa shape index (κ3) is 3.27. The van der Waals surface area contributed by atoms with Gasteiger partial charge in [0.05, 0.1) is 6.54 Å². The summed E-state index contributed by atoms with van der Waals surface area (Å²) in [4.78, 5) is 8.42. The summed E-state index contributed by atoms with van der Waals surface area (Å²) in [6.07, 6.45) is 7.01. The Labute approximate surface area is 92.3 Å². The normalized spacial score (nSPS) is 11.7. The Bertz CT molecular complexity index is 259. The van der Waals surface area contributed by atoms with Gasteiger partial charge in [-0.05, 0) is 25.3 Å². The van der Waals surface area contributed by atoms with Crippen LogP contribution in [-0.4, -0.2) is 15.5 Å². The third-order valence-electron chi connectivity index (χ3n) is 3.27. The van der Waals surface area contributed by atoms with E-state index in [2.05, 4.69) is 36.1 Å². The van der Waals surface area contributed by atoms with E-state index in [-0.39, 0.29) is 5.54 Å². The van der Waals surface area contributed by atoms with Crippen molar-refractivity contribution in [3.8, 4) is 0 Å². The lowest BCUT2D eigenvalue weighted by atomic mass is 9.90. The molecule has 0 radical (unpaired) electrons. The van der Waals surface area contributed by atoms with Crippen LogP contribution in [-0.2, 0) is 6.54 Å². The molecule has 1 aromatic heterocycles. The van der Waals surface area contributed by atoms with Crippen LogP contribution in [0.5, 0.6) is 0 Å². The zero-order chi connectivity index (χ0) is 11.1. The van der Waals surface area contributed by atoms with Gasteiger partial charge in [0.1, 0.15) is 5.82 Å². The zero-order valence-corrected chi connectivity index (χ0v) is 9.95. The average Bonchev–Trinajstić information content (AvgIpc) is 2.33. The van der Waals surface area contributed by atoms with Crippen LogP contribution in [0.3, 0.4) is 0 Å². The highest BCUT2D eigenvalue weighted by molar-refractivity contribution is 4.91. The van der Waals surface area contributed by atoms with E-state index < -0.39 is 0 Å². The first-order valence-corrected chi connectivity index (χ1v) is 5.77.